The molecule has 0 spiro atoms. The van der Waals surface area contributed by atoms with Crippen LogP contribution in [0.3, 0.4) is 0 Å². The summed E-state index contributed by atoms with van der Waals surface area (Å²) in [6.45, 7) is 11.4. The molecule has 0 aromatic heterocycles. The van der Waals surface area contributed by atoms with Crippen molar-refractivity contribution in [1.82, 2.24) is 5.32 Å². The first kappa shape index (κ1) is 15.2. The molecule has 0 aliphatic rings. The average Bonchev–Trinajstić information content (AvgIpc) is 2.29. The first-order chi connectivity index (χ1) is 8.24. The largest absolute Gasteiger partial charge is 0.351 e. The molecule has 1 rings (SSSR count). The second-order valence-electron chi connectivity index (χ2n) is 5.81. The van der Waals surface area contributed by atoms with E-state index in [2.05, 4.69) is 48.9 Å². The number of carbonyl (C=O) groups excluding carboxylic acids is 1. The number of benzene rings is 1. The molecule has 0 atom stereocenters. The van der Waals surface area contributed by atoms with E-state index in [1.165, 1.54) is 0 Å². The van der Waals surface area contributed by atoms with Gasteiger partial charge in [-0.05, 0) is 46.3 Å². The monoisotopic (exact) mass is 311 g/mol. The summed E-state index contributed by atoms with van der Waals surface area (Å²) in [6.07, 6.45) is 0. The van der Waals surface area contributed by atoms with E-state index in [0.717, 1.165) is 10.0 Å². The molecule has 0 radical (unpaired) electrons. The van der Waals surface area contributed by atoms with Gasteiger partial charge in [-0.2, -0.15) is 0 Å². The van der Waals surface area contributed by atoms with Gasteiger partial charge in [-0.1, -0.05) is 39.3 Å². The van der Waals surface area contributed by atoms with E-state index in [-0.39, 0.29) is 11.3 Å². The van der Waals surface area contributed by atoms with Gasteiger partial charge in [0.15, 0.2) is 0 Å². The number of amides is 1. The fourth-order valence-corrected chi connectivity index (χ4v) is 1.85. The number of rotatable bonds is 4. The van der Waals surface area contributed by atoms with E-state index in [1.807, 2.05) is 25.1 Å². The number of hydrogen-bond acceptors (Lipinski definition) is 1. The SMILES string of the molecule is Cc1ccc(Br)c(C(=O)NCC(C)(C)C(C)C)c1. The van der Waals surface area contributed by atoms with Crippen LogP contribution >= 0.6 is 15.9 Å². The molecule has 1 aromatic rings. The number of halogens is 1. The normalized spacial score (nSPS) is 11.7. The topological polar surface area (TPSA) is 29.1 Å². The summed E-state index contributed by atoms with van der Waals surface area (Å²) in [6, 6.07) is 5.80. The van der Waals surface area contributed by atoms with Crippen molar-refractivity contribution in [3.8, 4) is 0 Å². The summed E-state index contributed by atoms with van der Waals surface area (Å²) in [5.41, 5.74) is 1.90. The van der Waals surface area contributed by atoms with Crippen molar-refractivity contribution in [2.45, 2.75) is 34.6 Å². The molecule has 18 heavy (non-hydrogen) atoms. The van der Waals surface area contributed by atoms with Gasteiger partial charge in [0.25, 0.3) is 5.91 Å². The van der Waals surface area contributed by atoms with Crippen molar-refractivity contribution >= 4 is 21.8 Å². The molecule has 3 heteroatoms. The summed E-state index contributed by atoms with van der Waals surface area (Å²) in [4.78, 5) is 12.1. The molecule has 0 unspecified atom stereocenters. The van der Waals surface area contributed by atoms with Gasteiger partial charge in [0.1, 0.15) is 0 Å². The maximum atomic E-state index is 12.1. The van der Waals surface area contributed by atoms with Gasteiger partial charge in [0.2, 0.25) is 0 Å². The third-order valence-electron chi connectivity index (χ3n) is 3.63. The van der Waals surface area contributed by atoms with Gasteiger partial charge in [-0.25, -0.2) is 0 Å². The fraction of sp³-hybridized carbons (Fsp3) is 0.533. The third kappa shape index (κ3) is 3.84. The molecule has 0 aliphatic carbocycles. The van der Waals surface area contributed by atoms with Crippen molar-refractivity contribution < 1.29 is 4.79 Å². The minimum Gasteiger partial charge on any atom is -0.351 e. The minimum atomic E-state index is -0.0145. The predicted molar refractivity (Wildman–Crippen MR) is 79.8 cm³/mol. The Labute approximate surface area is 118 Å². The van der Waals surface area contributed by atoms with Crippen LogP contribution in [-0.2, 0) is 0 Å². The average molecular weight is 312 g/mol. The quantitative estimate of drug-likeness (QED) is 0.888. The molecular formula is C15H22BrNO. The fourth-order valence-electron chi connectivity index (χ4n) is 1.42. The van der Waals surface area contributed by atoms with Gasteiger partial charge >= 0.3 is 0 Å². The molecule has 1 N–H and O–H groups in total. The van der Waals surface area contributed by atoms with Gasteiger partial charge in [-0.3, -0.25) is 4.79 Å². The van der Waals surface area contributed by atoms with Crippen LogP contribution in [0.2, 0.25) is 0 Å². The highest BCUT2D eigenvalue weighted by molar-refractivity contribution is 9.10. The Morgan fingerprint density at radius 2 is 2.00 bits per heavy atom. The van der Waals surface area contributed by atoms with Gasteiger partial charge in [-0.15, -0.1) is 0 Å². The lowest BCUT2D eigenvalue weighted by atomic mass is 9.81. The van der Waals surface area contributed by atoms with Crippen LogP contribution in [0.5, 0.6) is 0 Å². The zero-order valence-corrected chi connectivity index (χ0v) is 13.4. The molecule has 0 bridgehead atoms. The van der Waals surface area contributed by atoms with Crippen molar-refractivity contribution in [3.05, 3.63) is 33.8 Å². The second kappa shape index (κ2) is 5.87. The number of hydrogen-bond donors (Lipinski definition) is 1. The summed E-state index contributed by atoms with van der Waals surface area (Å²) in [5.74, 6) is 0.512. The Kier molecular flexibility index (Phi) is 4.97. The summed E-state index contributed by atoms with van der Waals surface area (Å²) >= 11 is 3.42. The van der Waals surface area contributed by atoms with Crippen molar-refractivity contribution in [2.24, 2.45) is 11.3 Å². The molecule has 0 fully saturated rings. The molecule has 0 saturated heterocycles. The Hall–Kier alpha value is -0.830. The Balaban J connectivity index is 2.75. The molecule has 2 nitrogen and oxygen atoms in total. The number of carbonyl (C=O) groups is 1. The lowest BCUT2D eigenvalue weighted by Gasteiger charge is -2.29. The van der Waals surface area contributed by atoms with Crippen LogP contribution in [0.25, 0.3) is 0 Å². The highest BCUT2D eigenvalue weighted by atomic mass is 79.9. The van der Waals surface area contributed by atoms with Gasteiger partial charge < -0.3 is 5.32 Å². The van der Waals surface area contributed by atoms with Crippen LogP contribution in [0.1, 0.15) is 43.6 Å². The van der Waals surface area contributed by atoms with Crippen LogP contribution in [0.15, 0.2) is 22.7 Å². The summed E-state index contributed by atoms with van der Waals surface area (Å²) in [7, 11) is 0. The maximum absolute atomic E-state index is 12.1. The number of aryl methyl sites for hydroxylation is 1. The molecule has 1 aromatic carbocycles. The Morgan fingerprint density at radius 3 is 2.56 bits per heavy atom. The lowest BCUT2D eigenvalue weighted by molar-refractivity contribution is 0.0924. The third-order valence-corrected chi connectivity index (χ3v) is 4.33. The van der Waals surface area contributed by atoms with Crippen LogP contribution in [0, 0.1) is 18.3 Å². The number of nitrogens with one attached hydrogen (secondary N) is 1. The second-order valence-corrected chi connectivity index (χ2v) is 6.66. The molecule has 0 saturated carbocycles. The van der Waals surface area contributed by atoms with Gasteiger partial charge in [0, 0.05) is 11.0 Å². The molecular weight excluding hydrogens is 290 g/mol. The summed E-state index contributed by atoms with van der Waals surface area (Å²) < 4.78 is 0.841. The highest BCUT2D eigenvalue weighted by Crippen LogP contribution is 2.25. The van der Waals surface area contributed by atoms with E-state index >= 15 is 0 Å². The Bertz CT molecular complexity index is 438. The first-order valence-electron chi connectivity index (χ1n) is 6.28. The van der Waals surface area contributed by atoms with Crippen molar-refractivity contribution in [3.63, 3.8) is 0 Å². The summed E-state index contributed by atoms with van der Waals surface area (Å²) in [5, 5.41) is 3.02. The molecule has 0 heterocycles. The standard InChI is InChI=1S/C15H22BrNO/c1-10(2)15(4,5)9-17-14(18)12-8-11(3)6-7-13(12)16/h6-8,10H,9H2,1-5H3,(H,17,18). The maximum Gasteiger partial charge on any atom is 0.252 e. The van der Waals surface area contributed by atoms with Crippen molar-refractivity contribution in [1.29, 1.82) is 0 Å². The predicted octanol–water partition coefficient (Wildman–Crippen LogP) is 4.17. The van der Waals surface area contributed by atoms with E-state index in [4.69, 9.17) is 0 Å². The van der Waals surface area contributed by atoms with Crippen LogP contribution < -0.4 is 5.32 Å². The zero-order valence-electron chi connectivity index (χ0n) is 11.8. The van der Waals surface area contributed by atoms with Crippen molar-refractivity contribution in [2.75, 3.05) is 6.54 Å². The van der Waals surface area contributed by atoms with Crippen LogP contribution in [0.4, 0.5) is 0 Å². The highest BCUT2D eigenvalue weighted by Gasteiger charge is 2.23. The van der Waals surface area contributed by atoms with Crippen LogP contribution in [-0.4, -0.2) is 12.5 Å². The smallest absolute Gasteiger partial charge is 0.252 e. The van der Waals surface area contributed by atoms with E-state index in [1.54, 1.807) is 0 Å². The van der Waals surface area contributed by atoms with E-state index in [9.17, 15) is 4.79 Å². The lowest BCUT2D eigenvalue weighted by Crippen LogP contribution is -2.37. The zero-order chi connectivity index (χ0) is 13.9. The first-order valence-corrected chi connectivity index (χ1v) is 7.07. The molecule has 1 amide bonds. The van der Waals surface area contributed by atoms with E-state index in [0.29, 0.717) is 18.0 Å². The Morgan fingerprint density at radius 1 is 1.39 bits per heavy atom. The van der Waals surface area contributed by atoms with E-state index < -0.39 is 0 Å². The minimum absolute atomic E-state index is 0.0145. The molecule has 100 valence electrons. The molecule has 0 aliphatic heterocycles. The van der Waals surface area contributed by atoms with Gasteiger partial charge in [0.05, 0.1) is 5.56 Å².